The normalized spacial score (nSPS) is 12.2. The van der Waals surface area contributed by atoms with E-state index in [0.717, 1.165) is 11.1 Å². The molecule has 1 atom stereocenters. The molecule has 12 heteroatoms. The number of ether oxygens (including phenoxy) is 2. The number of fused-ring (bicyclic) bond motifs is 1. The number of amides is 1. The molecule has 0 aliphatic rings. The van der Waals surface area contributed by atoms with Crippen LogP contribution in [0.2, 0.25) is 5.02 Å². The third-order valence-electron chi connectivity index (χ3n) is 4.76. The largest absolute Gasteiger partial charge is 0.382 e. The zero-order chi connectivity index (χ0) is 23.9. The summed E-state index contributed by atoms with van der Waals surface area (Å²) in [6.45, 7) is 3.24. The molecule has 1 unspecified atom stereocenters. The number of carbonyl (C=O) groups is 1. The van der Waals surface area contributed by atoms with Crippen LogP contribution >= 0.6 is 34.7 Å². The van der Waals surface area contributed by atoms with Gasteiger partial charge in [0.2, 0.25) is 5.91 Å². The highest BCUT2D eigenvalue weighted by Gasteiger charge is 2.24. The van der Waals surface area contributed by atoms with Gasteiger partial charge in [0.15, 0.2) is 10.8 Å². The molecule has 0 saturated heterocycles. The monoisotopic (exact) mass is 518 g/mol. The lowest BCUT2D eigenvalue weighted by Gasteiger charge is -2.15. The molecule has 1 aromatic carbocycles. The number of hydrogen-bond donors (Lipinski definition) is 1. The number of methoxy groups -OCH3 is 1. The number of carbonyl (C=O) groups excluding carboxylic acids is 1. The maximum absolute atomic E-state index is 13.1. The van der Waals surface area contributed by atoms with Gasteiger partial charge in [-0.3, -0.25) is 4.79 Å². The Morgan fingerprint density at radius 2 is 2.12 bits per heavy atom. The second kappa shape index (κ2) is 11.7. The Morgan fingerprint density at radius 1 is 1.26 bits per heavy atom. The van der Waals surface area contributed by atoms with Gasteiger partial charge in [-0.15, -0.1) is 11.3 Å². The zero-order valence-electron chi connectivity index (χ0n) is 18.6. The highest BCUT2D eigenvalue weighted by atomic mass is 35.5. The number of aromatic nitrogens is 5. The van der Waals surface area contributed by atoms with Gasteiger partial charge in [-0.1, -0.05) is 35.5 Å². The number of nitrogens with one attached hydrogen (secondary N) is 1. The summed E-state index contributed by atoms with van der Waals surface area (Å²) in [7, 11) is 1.62. The van der Waals surface area contributed by atoms with E-state index in [1.54, 1.807) is 24.1 Å². The second-order valence-electron chi connectivity index (χ2n) is 7.21. The Kier molecular flexibility index (Phi) is 8.46. The molecule has 0 bridgehead atoms. The molecule has 34 heavy (non-hydrogen) atoms. The number of thiazole rings is 1. The minimum atomic E-state index is -0.464. The van der Waals surface area contributed by atoms with Crippen molar-refractivity contribution in [2.45, 2.75) is 23.6 Å². The minimum absolute atomic E-state index is 0.167. The summed E-state index contributed by atoms with van der Waals surface area (Å²) in [6, 6.07) is 7.41. The first-order valence-corrected chi connectivity index (χ1v) is 12.6. The summed E-state index contributed by atoms with van der Waals surface area (Å²) in [5.74, 6) is -0.167. The maximum atomic E-state index is 13.1. The van der Waals surface area contributed by atoms with E-state index in [0.29, 0.717) is 52.8 Å². The Hall–Kier alpha value is -2.57. The fraction of sp³-hybridized carbons (Fsp3) is 0.318. The van der Waals surface area contributed by atoms with E-state index >= 15 is 0 Å². The van der Waals surface area contributed by atoms with E-state index < -0.39 is 5.25 Å². The van der Waals surface area contributed by atoms with Crippen LogP contribution in [0.3, 0.4) is 0 Å². The van der Waals surface area contributed by atoms with Crippen LogP contribution in [0.1, 0.15) is 12.1 Å². The zero-order valence-corrected chi connectivity index (χ0v) is 21.0. The number of halogens is 1. The third-order valence-corrected chi connectivity index (χ3v) is 7.24. The predicted molar refractivity (Wildman–Crippen MR) is 134 cm³/mol. The van der Waals surface area contributed by atoms with Crippen molar-refractivity contribution in [2.75, 3.05) is 32.2 Å². The van der Waals surface area contributed by atoms with Crippen LogP contribution in [0.5, 0.6) is 0 Å². The standard InChI is InChI=1S/C22H23ClN6O3S2/c1-14-12-33-22(27-14)28-20(30)18(7-8-32-10-9-31-2)34-21-15-11-26-29(19(15)24-13-25-21)17-6-4-3-5-16(17)23/h3-6,11-13,18H,7-10H2,1-2H3,(H,27,28,30). The molecule has 1 N–H and O–H groups in total. The van der Waals surface area contributed by atoms with E-state index in [9.17, 15) is 4.79 Å². The summed E-state index contributed by atoms with van der Waals surface area (Å²) in [4.78, 5) is 26.3. The van der Waals surface area contributed by atoms with Crippen molar-refractivity contribution < 1.29 is 14.3 Å². The number of anilines is 1. The van der Waals surface area contributed by atoms with Crippen LogP contribution in [-0.4, -0.2) is 62.8 Å². The third kappa shape index (κ3) is 5.91. The molecule has 3 aromatic heterocycles. The van der Waals surface area contributed by atoms with Gasteiger partial charge in [0.25, 0.3) is 0 Å². The number of benzene rings is 1. The van der Waals surface area contributed by atoms with Gasteiger partial charge in [-0.2, -0.15) is 5.10 Å². The first-order valence-electron chi connectivity index (χ1n) is 10.5. The molecule has 1 amide bonds. The van der Waals surface area contributed by atoms with Crippen molar-refractivity contribution in [3.05, 3.63) is 52.9 Å². The second-order valence-corrected chi connectivity index (χ2v) is 9.66. The van der Waals surface area contributed by atoms with Crippen LogP contribution in [0.25, 0.3) is 16.7 Å². The number of hydrogen-bond acceptors (Lipinski definition) is 9. The van der Waals surface area contributed by atoms with Crippen molar-refractivity contribution >= 4 is 56.8 Å². The highest BCUT2D eigenvalue weighted by Crippen LogP contribution is 2.32. The van der Waals surface area contributed by atoms with Crippen molar-refractivity contribution in [3.63, 3.8) is 0 Å². The van der Waals surface area contributed by atoms with Gasteiger partial charge in [-0.25, -0.2) is 19.6 Å². The molecule has 178 valence electrons. The molecule has 9 nitrogen and oxygen atoms in total. The molecule has 3 heterocycles. The van der Waals surface area contributed by atoms with Gasteiger partial charge >= 0.3 is 0 Å². The average Bonchev–Trinajstić information content (AvgIpc) is 3.45. The fourth-order valence-corrected chi connectivity index (χ4v) is 5.06. The van der Waals surface area contributed by atoms with Crippen LogP contribution < -0.4 is 5.32 Å². The summed E-state index contributed by atoms with van der Waals surface area (Å²) >= 11 is 9.10. The van der Waals surface area contributed by atoms with E-state index in [1.165, 1.54) is 29.4 Å². The van der Waals surface area contributed by atoms with Crippen LogP contribution in [0, 0.1) is 6.92 Å². The Balaban J connectivity index is 1.57. The number of thioether (sulfide) groups is 1. The summed E-state index contributed by atoms with van der Waals surface area (Å²) < 4.78 is 12.3. The number of aryl methyl sites for hydroxylation is 1. The lowest BCUT2D eigenvalue weighted by molar-refractivity contribution is -0.116. The lowest BCUT2D eigenvalue weighted by Crippen LogP contribution is -2.27. The molecule has 4 rings (SSSR count). The Bertz CT molecular complexity index is 1260. The summed E-state index contributed by atoms with van der Waals surface area (Å²) in [5, 5.41) is 11.3. The first kappa shape index (κ1) is 24.6. The van der Waals surface area contributed by atoms with Gasteiger partial charge in [0, 0.05) is 19.1 Å². The SMILES string of the molecule is COCCOCCC(Sc1ncnc2c1cnn2-c1ccccc1Cl)C(=O)Nc1nc(C)cs1. The molecule has 0 radical (unpaired) electrons. The summed E-state index contributed by atoms with van der Waals surface area (Å²) in [6.07, 6.45) is 3.64. The maximum Gasteiger partial charge on any atom is 0.239 e. The Labute approximate surface area is 209 Å². The molecule has 0 fully saturated rings. The quantitative estimate of drug-likeness (QED) is 0.177. The first-order chi connectivity index (χ1) is 16.6. The number of nitrogens with zero attached hydrogens (tertiary/aromatic N) is 5. The predicted octanol–water partition coefficient (Wildman–Crippen LogP) is 4.39. The van der Waals surface area contributed by atoms with Crippen molar-refractivity contribution in [1.29, 1.82) is 0 Å². The molecular formula is C22H23ClN6O3S2. The van der Waals surface area contributed by atoms with E-state index in [2.05, 4.69) is 25.4 Å². The van der Waals surface area contributed by atoms with Crippen LogP contribution in [0.15, 0.2) is 47.2 Å². The van der Waals surface area contributed by atoms with Gasteiger partial charge < -0.3 is 14.8 Å². The smallest absolute Gasteiger partial charge is 0.239 e. The van der Waals surface area contributed by atoms with Crippen LogP contribution in [0.4, 0.5) is 5.13 Å². The summed E-state index contributed by atoms with van der Waals surface area (Å²) in [5.41, 5.74) is 2.18. The number of rotatable bonds is 11. The molecule has 4 aromatic rings. The van der Waals surface area contributed by atoms with Gasteiger partial charge in [-0.05, 0) is 25.5 Å². The molecular weight excluding hydrogens is 496 g/mol. The lowest BCUT2D eigenvalue weighted by atomic mass is 10.3. The minimum Gasteiger partial charge on any atom is -0.382 e. The molecule has 0 aliphatic heterocycles. The molecule has 0 saturated carbocycles. The topological polar surface area (TPSA) is 104 Å². The van der Waals surface area contributed by atoms with Crippen molar-refractivity contribution in [3.8, 4) is 5.69 Å². The van der Waals surface area contributed by atoms with Gasteiger partial charge in [0.05, 0.1) is 46.5 Å². The van der Waals surface area contributed by atoms with E-state index in [1.807, 2.05) is 30.5 Å². The molecule has 0 spiro atoms. The highest BCUT2D eigenvalue weighted by molar-refractivity contribution is 8.00. The molecule has 0 aliphatic carbocycles. The van der Waals surface area contributed by atoms with Crippen molar-refractivity contribution in [1.82, 2.24) is 24.7 Å². The van der Waals surface area contributed by atoms with E-state index in [4.69, 9.17) is 21.1 Å². The van der Waals surface area contributed by atoms with Crippen molar-refractivity contribution in [2.24, 2.45) is 0 Å². The van der Waals surface area contributed by atoms with Crippen LogP contribution in [-0.2, 0) is 14.3 Å². The number of para-hydroxylation sites is 1. The average molecular weight is 519 g/mol. The fourth-order valence-electron chi connectivity index (χ4n) is 3.13. The Morgan fingerprint density at radius 3 is 2.88 bits per heavy atom. The van der Waals surface area contributed by atoms with Gasteiger partial charge in [0.1, 0.15) is 11.4 Å². The van der Waals surface area contributed by atoms with E-state index in [-0.39, 0.29) is 5.91 Å².